The van der Waals surface area contributed by atoms with Crippen LogP contribution in [0, 0.1) is 19.8 Å². The fraction of sp³-hybridized carbons (Fsp3) is 0.586. The van der Waals surface area contributed by atoms with Gasteiger partial charge in [-0.1, -0.05) is 65.7 Å². The Hall–Kier alpha value is -0.550. The van der Waals surface area contributed by atoms with Gasteiger partial charge in [-0.3, -0.25) is 0 Å². The Morgan fingerprint density at radius 3 is 2.00 bits per heavy atom. The van der Waals surface area contributed by atoms with Crippen molar-refractivity contribution in [3.8, 4) is 9.75 Å². The van der Waals surface area contributed by atoms with Crippen molar-refractivity contribution >= 4 is 44.0 Å². The summed E-state index contributed by atoms with van der Waals surface area (Å²) < 4.78 is 1.69. The molecule has 3 aromatic rings. The van der Waals surface area contributed by atoms with Crippen LogP contribution in [0.15, 0.2) is 38.3 Å². The molecule has 0 amide bonds. The van der Waals surface area contributed by atoms with Gasteiger partial charge in [0.15, 0.2) is 0 Å². The third-order valence-electron chi connectivity index (χ3n) is 7.14. The molecule has 0 nitrogen and oxygen atoms in total. The van der Waals surface area contributed by atoms with Crippen LogP contribution >= 0.6 is 44.0 Å². The van der Waals surface area contributed by atoms with Gasteiger partial charge in [0.05, 0.1) is 14.0 Å². The zero-order chi connectivity index (χ0) is 23.4. The summed E-state index contributed by atoms with van der Waals surface area (Å²) in [7, 11) is -1.14. The van der Waals surface area contributed by atoms with E-state index in [4.69, 9.17) is 0 Å². The highest BCUT2D eigenvalue weighted by Crippen LogP contribution is 2.80. The maximum atomic E-state index is 2.58. The van der Waals surface area contributed by atoms with Crippen LogP contribution in [0.2, 0.25) is 0 Å². The third kappa shape index (κ3) is 5.20. The smallest absolute Gasteiger partial charge is 0.0584 e. The lowest BCUT2D eigenvalue weighted by atomic mass is 10.0. The molecule has 0 radical (unpaired) electrons. The van der Waals surface area contributed by atoms with Crippen LogP contribution in [0.1, 0.15) is 93.2 Å². The highest BCUT2D eigenvalue weighted by molar-refractivity contribution is 8.35. The van der Waals surface area contributed by atoms with E-state index >= 15 is 0 Å². The second-order valence-corrected chi connectivity index (χ2v) is 16.9. The van der Waals surface area contributed by atoms with Crippen molar-refractivity contribution in [1.29, 1.82) is 0 Å². The van der Waals surface area contributed by atoms with E-state index in [9.17, 15) is 0 Å². The molecule has 0 saturated heterocycles. The lowest BCUT2D eigenvalue weighted by Crippen LogP contribution is -2.13. The van der Waals surface area contributed by atoms with E-state index < -0.39 is 10.0 Å². The number of aryl methyl sites for hydroxylation is 3. The van der Waals surface area contributed by atoms with Crippen molar-refractivity contribution in [2.24, 2.45) is 5.92 Å². The minimum atomic E-state index is -1.14. The summed E-state index contributed by atoms with van der Waals surface area (Å²) in [6.45, 7) is 11.7. The van der Waals surface area contributed by atoms with Gasteiger partial charge in [-0.05, 0) is 69.0 Å². The van der Waals surface area contributed by atoms with Gasteiger partial charge in [-0.2, -0.15) is 0 Å². The summed E-state index contributed by atoms with van der Waals surface area (Å²) in [5, 5.41) is 0. The second-order valence-electron chi connectivity index (χ2n) is 9.81. The van der Waals surface area contributed by atoms with Gasteiger partial charge in [0.25, 0.3) is 0 Å². The van der Waals surface area contributed by atoms with Gasteiger partial charge in [0.1, 0.15) is 0 Å². The van der Waals surface area contributed by atoms with Gasteiger partial charge in [-0.25, -0.2) is 0 Å². The quantitative estimate of drug-likeness (QED) is 0.197. The Morgan fingerprint density at radius 2 is 1.39 bits per heavy atom. The molecule has 0 N–H and O–H groups in total. The van der Waals surface area contributed by atoms with Crippen molar-refractivity contribution in [2.75, 3.05) is 5.75 Å². The first-order valence-corrected chi connectivity index (χ1v) is 17.4. The molecule has 0 saturated carbocycles. The summed E-state index contributed by atoms with van der Waals surface area (Å²) in [6, 6.07) is 10.2. The molecule has 1 atom stereocenters. The zero-order valence-corrected chi connectivity index (χ0v) is 24.6. The fourth-order valence-corrected chi connectivity index (χ4v) is 15.2. The number of fused-ring (bicyclic) bond motifs is 3. The fourth-order valence-electron chi connectivity index (χ4n) is 5.25. The van der Waals surface area contributed by atoms with Gasteiger partial charge in [-0.15, -0.1) is 44.0 Å². The molecule has 1 aliphatic heterocycles. The SMILES string of the molecule is CCCCCCCc1ccc(S2(CC(CC)CCCC)c3cc(C)sc3-c3sc(C)cc32)s1. The number of unbranched alkanes of at least 4 members (excludes halogenated alkanes) is 5. The molecule has 0 aliphatic carbocycles. The van der Waals surface area contributed by atoms with Crippen LogP contribution in [-0.2, 0) is 6.42 Å². The Bertz CT molecular complexity index is 988. The molecular formula is C29H42S4. The largest absolute Gasteiger partial charge is 0.148 e. The normalized spacial score (nSPS) is 16.0. The average molecular weight is 519 g/mol. The Balaban J connectivity index is 1.73. The summed E-state index contributed by atoms with van der Waals surface area (Å²) in [5.74, 6) is 2.17. The van der Waals surface area contributed by atoms with Crippen molar-refractivity contribution in [2.45, 2.75) is 113 Å². The lowest BCUT2D eigenvalue weighted by Gasteiger charge is -2.39. The van der Waals surface area contributed by atoms with Gasteiger partial charge in [0, 0.05) is 24.4 Å². The second kappa shape index (κ2) is 11.5. The minimum absolute atomic E-state index is 0.818. The van der Waals surface area contributed by atoms with Crippen LogP contribution in [0.25, 0.3) is 9.75 Å². The van der Waals surface area contributed by atoms with E-state index in [1.54, 1.807) is 28.6 Å². The van der Waals surface area contributed by atoms with Gasteiger partial charge >= 0.3 is 0 Å². The molecule has 1 unspecified atom stereocenters. The molecule has 182 valence electrons. The van der Waals surface area contributed by atoms with E-state index in [1.165, 1.54) is 79.7 Å². The summed E-state index contributed by atoms with van der Waals surface area (Å²) in [6.07, 6.45) is 13.5. The number of rotatable bonds is 13. The number of hydrogen-bond donors (Lipinski definition) is 0. The molecule has 1 aliphatic rings. The maximum Gasteiger partial charge on any atom is 0.0584 e. The maximum absolute atomic E-state index is 2.58. The molecule has 33 heavy (non-hydrogen) atoms. The topological polar surface area (TPSA) is 0 Å². The molecule has 4 heterocycles. The molecule has 3 aromatic heterocycles. The molecule has 0 spiro atoms. The van der Waals surface area contributed by atoms with Crippen molar-refractivity contribution in [3.63, 3.8) is 0 Å². The highest BCUT2D eigenvalue weighted by Gasteiger charge is 2.45. The van der Waals surface area contributed by atoms with E-state index in [2.05, 4.69) is 70.2 Å². The average Bonchev–Trinajstić information content (AvgIpc) is 3.55. The number of thiophene rings is 3. The zero-order valence-electron chi connectivity index (χ0n) is 21.3. The summed E-state index contributed by atoms with van der Waals surface area (Å²) >= 11 is 6.25. The molecule has 4 rings (SSSR count). The van der Waals surface area contributed by atoms with Crippen LogP contribution < -0.4 is 0 Å². The van der Waals surface area contributed by atoms with Crippen LogP contribution in [-0.4, -0.2) is 5.75 Å². The van der Waals surface area contributed by atoms with E-state index in [-0.39, 0.29) is 0 Å². The molecule has 4 heteroatoms. The van der Waals surface area contributed by atoms with E-state index in [0.29, 0.717) is 0 Å². The van der Waals surface area contributed by atoms with E-state index in [0.717, 1.165) is 5.92 Å². The predicted molar refractivity (Wildman–Crippen MR) is 154 cm³/mol. The van der Waals surface area contributed by atoms with Gasteiger partial charge < -0.3 is 0 Å². The molecular weight excluding hydrogens is 477 g/mol. The lowest BCUT2D eigenvalue weighted by molar-refractivity contribution is 0.497. The van der Waals surface area contributed by atoms with Crippen molar-refractivity contribution < 1.29 is 0 Å². The first-order chi connectivity index (χ1) is 16.0. The standard InChI is InChI=1S/C29H42S4/c1-6-9-11-12-13-15-24-16-17-27(32-24)33(20-23(8-3)14-10-7-2)25-18-21(4)30-28(25)29-26(33)19-22(5)31-29/h16-19,23H,6-15,20H2,1-5H3. The van der Waals surface area contributed by atoms with Crippen LogP contribution in [0.3, 0.4) is 0 Å². The first-order valence-electron chi connectivity index (χ1n) is 13.1. The Labute approximate surface area is 216 Å². The van der Waals surface area contributed by atoms with E-state index in [1.807, 2.05) is 22.7 Å². The molecule has 0 bridgehead atoms. The number of hydrogen-bond acceptors (Lipinski definition) is 3. The molecule has 0 fully saturated rings. The highest BCUT2D eigenvalue weighted by atomic mass is 32.3. The Kier molecular flexibility index (Phi) is 8.87. The monoisotopic (exact) mass is 518 g/mol. The van der Waals surface area contributed by atoms with Crippen molar-refractivity contribution in [1.82, 2.24) is 0 Å². The van der Waals surface area contributed by atoms with Crippen molar-refractivity contribution in [3.05, 3.63) is 38.9 Å². The Morgan fingerprint density at radius 1 is 0.758 bits per heavy atom. The summed E-state index contributed by atoms with van der Waals surface area (Å²) in [4.78, 5) is 11.2. The summed E-state index contributed by atoms with van der Waals surface area (Å²) in [5.41, 5.74) is 0. The first kappa shape index (κ1) is 25.5. The van der Waals surface area contributed by atoms with Crippen LogP contribution in [0.5, 0.6) is 0 Å². The van der Waals surface area contributed by atoms with Crippen LogP contribution in [0.4, 0.5) is 0 Å². The van der Waals surface area contributed by atoms with Gasteiger partial charge in [0.2, 0.25) is 0 Å². The minimum Gasteiger partial charge on any atom is -0.148 e. The third-order valence-corrected chi connectivity index (χ3v) is 15.6. The molecule has 0 aromatic carbocycles. The predicted octanol–water partition coefficient (Wildman–Crippen LogP) is 11.5.